The minimum absolute atomic E-state index is 0.0317. The van der Waals surface area contributed by atoms with Crippen molar-refractivity contribution in [1.29, 1.82) is 0 Å². The number of amides is 2. The van der Waals surface area contributed by atoms with E-state index < -0.39 is 0 Å². The first-order valence-electron chi connectivity index (χ1n) is 14.1. The summed E-state index contributed by atoms with van der Waals surface area (Å²) in [6, 6.07) is 7.92. The molecule has 0 atom stereocenters. The lowest BCUT2D eigenvalue weighted by Gasteiger charge is -2.38. The van der Waals surface area contributed by atoms with Crippen molar-refractivity contribution in [1.82, 2.24) is 29.5 Å². The quantitative estimate of drug-likeness (QED) is 0.401. The Labute approximate surface area is 235 Å². The van der Waals surface area contributed by atoms with Gasteiger partial charge >= 0.3 is 0 Å². The number of nitrogens with zero attached hydrogens (tertiary/aromatic N) is 6. The highest BCUT2D eigenvalue weighted by Gasteiger charge is 2.44. The van der Waals surface area contributed by atoms with Crippen molar-refractivity contribution in [3.05, 3.63) is 46.2 Å². The highest BCUT2D eigenvalue weighted by Crippen LogP contribution is 2.41. The van der Waals surface area contributed by atoms with E-state index in [0.717, 1.165) is 62.3 Å². The Morgan fingerprint density at radius 2 is 1.88 bits per heavy atom. The maximum absolute atomic E-state index is 13.8. The highest BCUT2D eigenvalue weighted by molar-refractivity contribution is 7.24. The predicted molar refractivity (Wildman–Crippen MR) is 156 cm³/mol. The Morgan fingerprint density at radius 3 is 2.62 bits per heavy atom. The normalized spacial score (nSPS) is 19.6. The summed E-state index contributed by atoms with van der Waals surface area (Å²) >= 11 is 1.44. The zero-order valence-electron chi connectivity index (χ0n) is 22.7. The number of pyridine rings is 1. The van der Waals surface area contributed by atoms with E-state index in [0.29, 0.717) is 34.8 Å². The van der Waals surface area contributed by atoms with Crippen LogP contribution >= 0.6 is 11.3 Å². The fourth-order valence-electron chi connectivity index (χ4n) is 6.68. The number of carbonyl (C=O) groups is 2. The number of benzene rings is 1. The van der Waals surface area contributed by atoms with Crippen molar-refractivity contribution in [2.75, 3.05) is 57.8 Å². The fraction of sp³-hybridized carbons (Fsp3) is 0.483. The average molecular weight is 560 g/mol. The minimum atomic E-state index is -0.350. The van der Waals surface area contributed by atoms with Gasteiger partial charge < -0.3 is 20.0 Å². The molecule has 3 fully saturated rings. The molecule has 40 heavy (non-hydrogen) atoms. The number of anilines is 1. The number of fused-ring (bicyclic) bond motifs is 5. The number of para-hydroxylation sites is 1. The summed E-state index contributed by atoms with van der Waals surface area (Å²) in [5.41, 5.74) is 1.28. The van der Waals surface area contributed by atoms with Gasteiger partial charge in [0.2, 0.25) is 17.3 Å². The zero-order chi connectivity index (χ0) is 27.4. The van der Waals surface area contributed by atoms with E-state index in [9.17, 15) is 14.4 Å². The van der Waals surface area contributed by atoms with E-state index in [4.69, 9.17) is 4.98 Å². The van der Waals surface area contributed by atoms with Crippen LogP contribution in [0.15, 0.2) is 35.3 Å². The molecule has 10 nitrogen and oxygen atoms in total. The van der Waals surface area contributed by atoms with Gasteiger partial charge in [-0.1, -0.05) is 12.1 Å². The number of aromatic nitrogens is 3. The molecule has 1 N–H and O–H groups in total. The van der Waals surface area contributed by atoms with Crippen LogP contribution in [0, 0.1) is 5.41 Å². The molecule has 1 spiro atoms. The molecule has 208 valence electrons. The van der Waals surface area contributed by atoms with Gasteiger partial charge in [0, 0.05) is 57.8 Å². The van der Waals surface area contributed by atoms with Gasteiger partial charge in [-0.2, -0.15) is 4.98 Å². The van der Waals surface area contributed by atoms with Crippen LogP contribution in [0.5, 0.6) is 0 Å². The van der Waals surface area contributed by atoms with Gasteiger partial charge in [0.15, 0.2) is 5.65 Å². The van der Waals surface area contributed by atoms with Gasteiger partial charge in [-0.05, 0) is 50.9 Å². The summed E-state index contributed by atoms with van der Waals surface area (Å²) < 4.78 is 2.93. The van der Waals surface area contributed by atoms with Crippen molar-refractivity contribution in [3.8, 4) is 0 Å². The minimum Gasteiger partial charge on any atom is -0.351 e. The number of thiazole rings is 1. The van der Waals surface area contributed by atoms with Crippen LogP contribution in [0.25, 0.3) is 26.1 Å². The van der Waals surface area contributed by atoms with Gasteiger partial charge in [0.25, 0.3) is 5.91 Å². The van der Waals surface area contributed by atoms with Crippen molar-refractivity contribution >= 4 is 55.2 Å². The number of nitrogens with one attached hydrogen (secondary N) is 1. The third kappa shape index (κ3) is 4.23. The lowest BCUT2D eigenvalue weighted by atomic mass is 9.78. The number of hydrogen-bond donors (Lipinski definition) is 1. The topological polar surface area (TPSA) is 103 Å². The van der Waals surface area contributed by atoms with Gasteiger partial charge in [0.1, 0.15) is 10.4 Å². The van der Waals surface area contributed by atoms with E-state index in [1.54, 1.807) is 6.20 Å². The summed E-state index contributed by atoms with van der Waals surface area (Å²) in [5.74, 6) is 0.445. The second-order valence-corrected chi connectivity index (χ2v) is 12.6. The Kier molecular flexibility index (Phi) is 6.23. The molecule has 1 aromatic carbocycles. The molecular formula is C29H33N7O3S. The Balaban J connectivity index is 1.25. The third-order valence-corrected chi connectivity index (χ3v) is 10.1. The number of hydrogen-bond acceptors (Lipinski definition) is 8. The molecule has 6 heterocycles. The molecule has 0 bridgehead atoms. The van der Waals surface area contributed by atoms with Crippen molar-refractivity contribution in [3.63, 3.8) is 0 Å². The Bertz CT molecular complexity index is 1700. The SMILES string of the molecule is CN1CC2(CCN(c3ncc4c(=O)c(C(=O)NCCN5CCCC5)c5sc6ccccc6n5c4n3)CC2)CC1=O. The number of carbonyl (C=O) groups excluding carboxylic acids is 2. The number of rotatable bonds is 5. The monoisotopic (exact) mass is 559 g/mol. The molecule has 3 aliphatic heterocycles. The third-order valence-electron chi connectivity index (χ3n) is 8.94. The highest BCUT2D eigenvalue weighted by atomic mass is 32.1. The molecule has 0 saturated carbocycles. The summed E-state index contributed by atoms with van der Waals surface area (Å²) in [6.45, 7) is 5.71. The molecular weight excluding hydrogens is 526 g/mol. The summed E-state index contributed by atoms with van der Waals surface area (Å²) in [4.78, 5) is 55.9. The molecule has 3 aliphatic rings. The van der Waals surface area contributed by atoms with Crippen LogP contribution in [0.1, 0.15) is 42.5 Å². The first-order valence-corrected chi connectivity index (χ1v) is 15.0. The molecule has 3 aromatic heterocycles. The van der Waals surface area contributed by atoms with E-state index in [2.05, 4.69) is 20.1 Å². The van der Waals surface area contributed by atoms with Crippen LogP contribution in [-0.4, -0.2) is 88.8 Å². The standard InChI is InChI=1S/C29H33N7O3S/c1-33-18-29(16-22(33)37)8-13-35(14-9-29)28-31-17-19-24(38)23(26(39)30-10-15-34-11-4-5-12-34)27-36(25(19)32-28)20-6-2-3-7-21(20)40-27/h2-3,6-7,17H,4-5,8-16,18H2,1H3,(H,30,39). The molecule has 7 rings (SSSR count). The van der Waals surface area contributed by atoms with E-state index in [-0.39, 0.29) is 28.2 Å². The molecule has 3 saturated heterocycles. The van der Waals surface area contributed by atoms with Crippen LogP contribution in [0.3, 0.4) is 0 Å². The summed E-state index contributed by atoms with van der Waals surface area (Å²) in [6.07, 6.45) is 6.38. The molecule has 2 amide bonds. The van der Waals surface area contributed by atoms with Gasteiger partial charge in [-0.15, -0.1) is 11.3 Å². The smallest absolute Gasteiger partial charge is 0.258 e. The van der Waals surface area contributed by atoms with Crippen molar-refractivity contribution in [2.24, 2.45) is 5.41 Å². The van der Waals surface area contributed by atoms with Crippen LogP contribution in [0.2, 0.25) is 0 Å². The zero-order valence-corrected chi connectivity index (χ0v) is 23.5. The lowest BCUT2D eigenvalue weighted by molar-refractivity contribution is -0.126. The number of piperidine rings is 1. The first kappa shape index (κ1) is 25.4. The molecule has 0 unspecified atom stereocenters. The Morgan fingerprint density at radius 1 is 1.10 bits per heavy atom. The van der Waals surface area contributed by atoms with E-state index in [1.807, 2.05) is 40.6 Å². The van der Waals surface area contributed by atoms with Crippen LogP contribution < -0.4 is 15.6 Å². The second-order valence-electron chi connectivity index (χ2n) is 11.5. The molecule has 0 radical (unpaired) electrons. The summed E-state index contributed by atoms with van der Waals surface area (Å²) in [7, 11) is 1.88. The van der Waals surface area contributed by atoms with E-state index >= 15 is 0 Å². The van der Waals surface area contributed by atoms with Crippen molar-refractivity contribution in [2.45, 2.75) is 32.1 Å². The average Bonchev–Trinajstić information content (AvgIpc) is 3.67. The van der Waals surface area contributed by atoms with Crippen LogP contribution in [0.4, 0.5) is 5.95 Å². The van der Waals surface area contributed by atoms with Gasteiger partial charge in [0.05, 0.1) is 15.6 Å². The van der Waals surface area contributed by atoms with E-state index in [1.165, 1.54) is 24.2 Å². The van der Waals surface area contributed by atoms with Gasteiger partial charge in [-0.25, -0.2) is 4.98 Å². The number of likely N-dealkylation sites (tertiary alicyclic amines) is 2. The Hall–Kier alpha value is -3.57. The van der Waals surface area contributed by atoms with Crippen molar-refractivity contribution < 1.29 is 9.59 Å². The molecule has 0 aliphatic carbocycles. The first-order chi connectivity index (χ1) is 19.4. The fourth-order valence-corrected chi connectivity index (χ4v) is 7.86. The predicted octanol–water partition coefficient (Wildman–Crippen LogP) is 2.73. The molecule has 11 heteroatoms. The second kappa shape index (κ2) is 9.81. The van der Waals surface area contributed by atoms with Gasteiger partial charge in [-0.3, -0.25) is 18.8 Å². The maximum atomic E-state index is 13.8. The lowest BCUT2D eigenvalue weighted by Crippen LogP contribution is -2.42. The maximum Gasteiger partial charge on any atom is 0.258 e. The van der Waals surface area contributed by atoms with Crippen LogP contribution in [-0.2, 0) is 4.79 Å². The summed E-state index contributed by atoms with van der Waals surface area (Å²) in [5, 5.41) is 3.34. The molecule has 4 aromatic rings. The largest absolute Gasteiger partial charge is 0.351 e.